The molecule has 3 aliphatic heterocycles. The number of amides is 2. The largest absolute Gasteiger partial charge is 0.459 e. The number of rotatable bonds is 11. The molecule has 4 N–H and O–H groups in total. The lowest BCUT2D eigenvalue weighted by atomic mass is 9.75. The zero-order valence-electron chi connectivity index (χ0n) is 28.5. The van der Waals surface area contributed by atoms with Gasteiger partial charge in [-0.2, -0.15) is 0 Å². The molecule has 1 unspecified atom stereocenters. The second-order valence-electron chi connectivity index (χ2n) is 15.1. The summed E-state index contributed by atoms with van der Waals surface area (Å²) in [5.41, 5.74) is -0.543. The highest BCUT2D eigenvalue weighted by atomic mass is 16.6. The van der Waals surface area contributed by atoms with Crippen LogP contribution in [0.15, 0.2) is 0 Å². The number of carbonyl (C=O) groups excluding carboxylic acids is 3. The molecule has 0 aromatic heterocycles. The molecule has 3 saturated heterocycles. The third kappa shape index (κ3) is 10.8. The molecule has 0 bridgehead atoms. The van der Waals surface area contributed by atoms with Crippen molar-refractivity contribution in [3.8, 4) is 0 Å². The van der Waals surface area contributed by atoms with E-state index in [1.54, 1.807) is 0 Å². The molecule has 5 aliphatic rings. The first-order valence-corrected chi connectivity index (χ1v) is 18.1. The highest BCUT2D eigenvalue weighted by Gasteiger charge is 2.34. The Morgan fingerprint density at radius 2 is 1.57 bits per heavy atom. The molecule has 2 aliphatic carbocycles. The molecule has 0 aromatic carbocycles. The third-order valence-corrected chi connectivity index (χ3v) is 10.5. The van der Waals surface area contributed by atoms with E-state index in [0.29, 0.717) is 30.6 Å². The minimum absolute atomic E-state index is 0.0127. The monoisotopic (exact) mass is 648 g/mol. The molecule has 12 nitrogen and oxygen atoms in total. The fourth-order valence-electron chi connectivity index (χ4n) is 7.82. The topological polar surface area (TPSA) is 133 Å². The summed E-state index contributed by atoms with van der Waals surface area (Å²) >= 11 is 0. The highest BCUT2D eigenvalue weighted by molar-refractivity contribution is 5.83. The maximum atomic E-state index is 12.6. The molecular formula is C34H60N6O6. The summed E-state index contributed by atoms with van der Waals surface area (Å²) in [5, 5.41) is 13.9. The molecule has 0 radical (unpaired) electrons. The van der Waals surface area contributed by atoms with E-state index in [2.05, 4.69) is 26.2 Å². The Morgan fingerprint density at radius 1 is 0.870 bits per heavy atom. The number of piperazine rings is 1. The van der Waals surface area contributed by atoms with Gasteiger partial charge in [-0.05, 0) is 96.8 Å². The van der Waals surface area contributed by atoms with Gasteiger partial charge in [0.15, 0.2) is 0 Å². The van der Waals surface area contributed by atoms with Crippen LogP contribution in [0.4, 0.5) is 0 Å². The molecule has 46 heavy (non-hydrogen) atoms. The van der Waals surface area contributed by atoms with Gasteiger partial charge in [-0.15, -0.1) is 0 Å². The van der Waals surface area contributed by atoms with Crippen LogP contribution in [-0.4, -0.2) is 123 Å². The van der Waals surface area contributed by atoms with Crippen molar-refractivity contribution in [1.82, 2.24) is 31.1 Å². The standard InChI is InChI=1S/C34H60N6O6/c1-34(2,3)46-30(41)23-35-31(42)25-8-6-24(7-9-25)26-21-36-33(37-22-26)38-27-10-12-28(13-11-27)44-20-18-39-14-16-40(17-15-39)32(43)29-5-4-19-45-29/h24-29,33,36-38H,4-23H2,1-3H3,(H,35,42). The number of esters is 1. The van der Waals surface area contributed by atoms with Crippen LogP contribution in [0.5, 0.6) is 0 Å². The summed E-state index contributed by atoms with van der Waals surface area (Å²) in [6.07, 6.45) is 10.4. The van der Waals surface area contributed by atoms with Crippen molar-refractivity contribution in [2.24, 2.45) is 17.8 Å². The van der Waals surface area contributed by atoms with Crippen LogP contribution in [0, 0.1) is 17.8 Å². The van der Waals surface area contributed by atoms with E-state index in [4.69, 9.17) is 14.2 Å². The fraction of sp³-hybridized carbons (Fsp3) is 0.912. The van der Waals surface area contributed by atoms with Gasteiger partial charge in [-0.1, -0.05) is 0 Å². The first-order valence-electron chi connectivity index (χ1n) is 18.1. The predicted molar refractivity (Wildman–Crippen MR) is 175 cm³/mol. The van der Waals surface area contributed by atoms with E-state index in [1.807, 2.05) is 25.7 Å². The Hall–Kier alpha value is -1.83. The first kappa shape index (κ1) is 35.5. The third-order valence-electron chi connectivity index (χ3n) is 10.5. The van der Waals surface area contributed by atoms with Gasteiger partial charge in [0, 0.05) is 64.4 Å². The lowest BCUT2D eigenvalue weighted by molar-refractivity contribution is -0.154. The Morgan fingerprint density at radius 3 is 2.20 bits per heavy atom. The van der Waals surface area contributed by atoms with E-state index in [1.165, 1.54) is 0 Å². The number of nitrogens with zero attached hydrogens (tertiary/aromatic N) is 2. The molecule has 0 spiro atoms. The minimum atomic E-state index is -0.543. The van der Waals surface area contributed by atoms with Crippen LogP contribution in [0.3, 0.4) is 0 Å². The number of carbonyl (C=O) groups is 3. The highest BCUT2D eigenvalue weighted by Crippen LogP contribution is 2.34. The molecule has 0 aromatic rings. The number of hydrogen-bond donors (Lipinski definition) is 4. The zero-order chi connectivity index (χ0) is 32.5. The van der Waals surface area contributed by atoms with Crippen LogP contribution in [0.25, 0.3) is 0 Å². The molecule has 3 heterocycles. The van der Waals surface area contributed by atoms with E-state index in [9.17, 15) is 14.4 Å². The normalized spacial score (nSPS) is 33.0. The van der Waals surface area contributed by atoms with Crippen LogP contribution < -0.4 is 21.3 Å². The van der Waals surface area contributed by atoms with Crippen molar-refractivity contribution >= 4 is 17.8 Å². The summed E-state index contributed by atoms with van der Waals surface area (Å²) in [5.74, 6) is 0.935. The molecule has 5 fully saturated rings. The zero-order valence-corrected chi connectivity index (χ0v) is 28.5. The van der Waals surface area contributed by atoms with Crippen molar-refractivity contribution in [2.45, 2.75) is 115 Å². The van der Waals surface area contributed by atoms with Gasteiger partial charge in [0.05, 0.1) is 12.7 Å². The average Bonchev–Trinajstić information content (AvgIpc) is 3.60. The molecule has 1 atom stereocenters. The Bertz CT molecular complexity index is 971. The van der Waals surface area contributed by atoms with Crippen molar-refractivity contribution in [3.63, 3.8) is 0 Å². The predicted octanol–water partition coefficient (Wildman–Crippen LogP) is 1.58. The van der Waals surface area contributed by atoms with Gasteiger partial charge in [-0.3, -0.25) is 35.2 Å². The smallest absolute Gasteiger partial charge is 0.325 e. The summed E-state index contributed by atoms with van der Waals surface area (Å²) in [6.45, 7) is 13.2. The maximum absolute atomic E-state index is 12.6. The molecule has 262 valence electrons. The van der Waals surface area contributed by atoms with Crippen LogP contribution >= 0.6 is 0 Å². The van der Waals surface area contributed by atoms with Gasteiger partial charge in [-0.25, -0.2) is 0 Å². The van der Waals surface area contributed by atoms with Crippen molar-refractivity contribution in [3.05, 3.63) is 0 Å². The van der Waals surface area contributed by atoms with Crippen LogP contribution in [0.1, 0.15) is 85.0 Å². The summed E-state index contributed by atoms with van der Waals surface area (Å²) in [6, 6.07) is 0.491. The Kier molecular flexibility index (Phi) is 13.1. The summed E-state index contributed by atoms with van der Waals surface area (Å²) in [4.78, 5) is 41.5. The molecule has 2 amide bonds. The van der Waals surface area contributed by atoms with E-state index < -0.39 is 5.60 Å². The summed E-state index contributed by atoms with van der Waals surface area (Å²) in [7, 11) is 0. The van der Waals surface area contributed by atoms with Gasteiger partial charge < -0.3 is 24.4 Å². The second kappa shape index (κ2) is 17.0. The van der Waals surface area contributed by atoms with Crippen molar-refractivity contribution in [1.29, 1.82) is 0 Å². The summed E-state index contributed by atoms with van der Waals surface area (Å²) < 4.78 is 17.1. The Balaban J connectivity index is 0.882. The van der Waals surface area contributed by atoms with Gasteiger partial charge in [0.2, 0.25) is 5.91 Å². The van der Waals surface area contributed by atoms with Gasteiger partial charge in [0.25, 0.3) is 5.91 Å². The minimum Gasteiger partial charge on any atom is -0.459 e. The maximum Gasteiger partial charge on any atom is 0.325 e. The van der Waals surface area contributed by atoms with E-state index in [0.717, 1.165) is 117 Å². The second-order valence-corrected chi connectivity index (χ2v) is 15.1. The molecule has 2 saturated carbocycles. The van der Waals surface area contributed by atoms with Crippen molar-refractivity contribution in [2.75, 3.05) is 65.6 Å². The fourth-order valence-corrected chi connectivity index (χ4v) is 7.82. The lowest BCUT2D eigenvalue weighted by Gasteiger charge is -2.40. The number of nitrogens with one attached hydrogen (secondary N) is 4. The van der Waals surface area contributed by atoms with Crippen molar-refractivity contribution < 1.29 is 28.6 Å². The lowest BCUT2D eigenvalue weighted by Crippen LogP contribution is -2.63. The van der Waals surface area contributed by atoms with E-state index in [-0.39, 0.29) is 42.6 Å². The Labute approximate surface area is 275 Å². The first-order chi connectivity index (χ1) is 22.1. The number of hydrogen-bond acceptors (Lipinski definition) is 10. The average molecular weight is 649 g/mol. The molecule has 12 heteroatoms. The van der Waals surface area contributed by atoms with E-state index >= 15 is 0 Å². The number of ether oxygens (including phenoxy) is 3. The molecule has 5 rings (SSSR count). The SMILES string of the molecule is CC(C)(C)OC(=O)CNC(=O)C1CCC(C2CNC(NC3CCC(OCCN4CCN(C(=O)C5CCCO5)CC4)CC3)NC2)CC1. The van der Waals surface area contributed by atoms with Gasteiger partial charge >= 0.3 is 5.97 Å². The van der Waals surface area contributed by atoms with Crippen LogP contribution in [-0.2, 0) is 28.6 Å². The van der Waals surface area contributed by atoms with Crippen LogP contribution in [0.2, 0.25) is 0 Å². The van der Waals surface area contributed by atoms with Gasteiger partial charge in [0.1, 0.15) is 24.5 Å². The quantitative estimate of drug-likeness (QED) is 0.245. The molecular weight excluding hydrogens is 588 g/mol.